The predicted octanol–water partition coefficient (Wildman–Crippen LogP) is 3.13. The van der Waals surface area contributed by atoms with Crippen LogP contribution in [0, 0.1) is 6.92 Å². The molecule has 1 heterocycles. The van der Waals surface area contributed by atoms with E-state index in [9.17, 15) is 4.79 Å². The molecular formula is C19H22N2O. The highest BCUT2D eigenvalue weighted by Gasteiger charge is 2.11. The summed E-state index contributed by atoms with van der Waals surface area (Å²) in [6.07, 6.45) is 5.33. The third-order valence-corrected chi connectivity index (χ3v) is 4.19. The molecule has 0 aliphatic heterocycles. The van der Waals surface area contributed by atoms with Crippen molar-refractivity contribution in [3.05, 3.63) is 64.5 Å². The number of carbonyl (C=O) groups is 1. The number of nitrogens with one attached hydrogen (secondary N) is 1. The summed E-state index contributed by atoms with van der Waals surface area (Å²) in [6, 6.07) is 12.4. The fraction of sp³-hybridized carbons (Fsp3) is 0.368. The first-order valence-electron chi connectivity index (χ1n) is 8.00. The van der Waals surface area contributed by atoms with Crippen LogP contribution in [-0.2, 0) is 30.6 Å². The Kier molecular flexibility index (Phi) is 4.52. The average molecular weight is 294 g/mol. The van der Waals surface area contributed by atoms with E-state index in [-0.39, 0.29) is 5.91 Å². The van der Waals surface area contributed by atoms with Gasteiger partial charge in [-0.25, -0.2) is 0 Å². The monoisotopic (exact) mass is 294 g/mol. The van der Waals surface area contributed by atoms with Gasteiger partial charge in [-0.05, 0) is 61.4 Å². The van der Waals surface area contributed by atoms with Crippen molar-refractivity contribution in [3.63, 3.8) is 0 Å². The molecule has 2 aromatic rings. The highest BCUT2D eigenvalue weighted by Crippen LogP contribution is 2.22. The lowest BCUT2D eigenvalue weighted by Crippen LogP contribution is -2.25. The zero-order valence-corrected chi connectivity index (χ0v) is 13.1. The number of hydrogen-bond acceptors (Lipinski definition) is 2. The van der Waals surface area contributed by atoms with Crippen LogP contribution in [0.2, 0.25) is 0 Å². The molecule has 3 nitrogen and oxygen atoms in total. The van der Waals surface area contributed by atoms with Crippen LogP contribution in [-0.4, -0.2) is 10.9 Å². The third-order valence-electron chi connectivity index (χ3n) is 4.19. The highest BCUT2D eigenvalue weighted by molar-refractivity contribution is 5.78. The normalized spacial score (nSPS) is 13.5. The van der Waals surface area contributed by atoms with E-state index in [1.54, 1.807) is 0 Å². The number of fused-ring (bicyclic) bond motifs is 1. The van der Waals surface area contributed by atoms with Gasteiger partial charge in [0.15, 0.2) is 0 Å². The molecule has 3 rings (SSSR count). The fourth-order valence-corrected chi connectivity index (χ4v) is 3.03. The first-order valence-corrected chi connectivity index (χ1v) is 8.00. The lowest BCUT2D eigenvalue weighted by atomic mass is 9.90. The number of benzene rings is 1. The van der Waals surface area contributed by atoms with Crippen molar-refractivity contribution in [1.82, 2.24) is 10.3 Å². The van der Waals surface area contributed by atoms with Crippen LogP contribution in [0.1, 0.15) is 40.9 Å². The van der Waals surface area contributed by atoms with Crippen LogP contribution in [0.3, 0.4) is 0 Å². The van der Waals surface area contributed by atoms with Crippen molar-refractivity contribution in [2.45, 2.75) is 45.6 Å². The van der Waals surface area contributed by atoms with Crippen molar-refractivity contribution >= 4 is 5.91 Å². The summed E-state index contributed by atoms with van der Waals surface area (Å²) in [4.78, 5) is 16.5. The van der Waals surface area contributed by atoms with E-state index in [2.05, 4.69) is 28.5 Å². The van der Waals surface area contributed by atoms with Gasteiger partial charge >= 0.3 is 0 Å². The lowest BCUT2D eigenvalue weighted by Gasteiger charge is -2.16. The Morgan fingerprint density at radius 3 is 2.77 bits per heavy atom. The van der Waals surface area contributed by atoms with Crippen LogP contribution in [0.25, 0.3) is 0 Å². The Morgan fingerprint density at radius 2 is 1.95 bits per heavy atom. The van der Waals surface area contributed by atoms with Crippen molar-refractivity contribution in [3.8, 4) is 0 Å². The number of amides is 1. The van der Waals surface area contributed by atoms with Gasteiger partial charge in [-0.3, -0.25) is 9.78 Å². The third kappa shape index (κ3) is 3.73. The molecule has 1 aromatic heterocycles. The molecule has 0 unspecified atom stereocenters. The molecule has 0 bridgehead atoms. The Hall–Kier alpha value is -2.16. The van der Waals surface area contributed by atoms with Gasteiger partial charge in [0.2, 0.25) is 5.91 Å². The van der Waals surface area contributed by atoms with Gasteiger partial charge in [-0.15, -0.1) is 0 Å². The quantitative estimate of drug-likeness (QED) is 0.941. The van der Waals surface area contributed by atoms with Gasteiger partial charge in [-0.2, -0.15) is 0 Å². The second kappa shape index (κ2) is 6.73. The molecule has 114 valence electrons. The zero-order chi connectivity index (χ0) is 15.4. The number of rotatable bonds is 4. The lowest BCUT2D eigenvalue weighted by molar-refractivity contribution is -0.120. The van der Waals surface area contributed by atoms with Gasteiger partial charge in [0.1, 0.15) is 0 Å². The smallest absolute Gasteiger partial charge is 0.224 e. The van der Waals surface area contributed by atoms with E-state index in [0.29, 0.717) is 13.0 Å². The molecule has 1 aliphatic rings. The SMILES string of the molecule is Cc1cccc(CNC(=O)Cc2ccc3c(c2)CCCC3)n1. The molecule has 0 spiro atoms. The van der Waals surface area contributed by atoms with E-state index in [0.717, 1.165) is 23.4 Å². The summed E-state index contributed by atoms with van der Waals surface area (Å²) < 4.78 is 0. The van der Waals surface area contributed by atoms with Crippen molar-refractivity contribution in [1.29, 1.82) is 0 Å². The molecule has 1 N–H and O–H groups in total. The second-order valence-corrected chi connectivity index (χ2v) is 6.03. The number of aromatic nitrogens is 1. The van der Waals surface area contributed by atoms with E-state index in [1.165, 1.54) is 30.4 Å². The standard InChI is InChI=1S/C19H22N2O/c1-14-5-4-8-18(21-14)13-20-19(22)12-15-9-10-16-6-2-3-7-17(16)11-15/h4-5,8-11H,2-3,6-7,12-13H2,1H3,(H,20,22). The molecule has 1 aromatic carbocycles. The number of nitrogens with zero attached hydrogens (tertiary/aromatic N) is 1. The van der Waals surface area contributed by atoms with Crippen LogP contribution in [0.15, 0.2) is 36.4 Å². The molecule has 1 aliphatic carbocycles. The van der Waals surface area contributed by atoms with Crippen molar-refractivity contribution in [2.75, 3.05) is 0 Å². The minimum Gasteiger partial charge on any atom is -0.350 e. The molecule has 0 radical (unpaired) electrons. The van der Waals surface area contributed by atoms with Gasteiger partial charge < -0.3 is 5.32 Å². The van der Waals surface area contributed by atoms with E-state index >= 15 is 0 Å². The van der Waals surface area contributed by atoms with E-state index in [4.69, 9.17) is 0 Å². The maximum atomic E-state index is 12.1. The summed E-state index contributed by atoms with van der Waals surface area (Å²) in [5.41, 5.74) is 5.87. The molecule has 22 heavy (non-hydrogen) atoms. The van der Waals surface area contributed by atoms with Crippen molar-refractivity contribution in [2.24, 2.45) is 0 Å². The summed E-state index contributed by atoms with van der Waals surface area (Å²) in [7, 11) is 0. The number of aryl methyl sites for hydroxylation is 3. The predicted molar refractivity (Wildman–Crippen MR) is 87.6 cm³/mol. The first kappa shape index (κ1) is 14.8. The Balaban J connectivity index is 1.57. The maximum absolute atomic E-state index is 12.1. The minimum atomic E-state index is 0.0547. The zero-order valence-electron chi connectivity index (χ0n) is 13.1. The van der Waals surface area contributed by atoms with Crippen LogP contribution in [0.5, 0.6) is 0 Å². The molecule has 3 heteroatoms. The van der Waals surface area contributed by atoms with E-state index in [1.807, 2.05) is 25.1 Å². The Labute approximate surface area is 131 Å². The van der Waals surface area contributed by atoms with Gasteiger partial charge in [0.25, 0.3) is 0 Å². The van der Waals surface area contributed by atoms with Crippen LogP contribution < -0.4 is 5.32 Å². The maximum Gasteiger partial charge on any atom is 0.224 e. The van der Waals surface area contributed by atoms with Gasteiger partial charge in [0.05, 0.1) is 18.7 Å². The summed E-state index contributed by atoms with van der Waals surface area (Å²) >= 11 is 0. The molecular weight excluding hydrogens is 272 g/mol. The van der Waals surface area contributed by atoms with Gasteiger partial charge in [0, 0.05) is 5.69 Å². The first-order chi connectivity index (χ1) is 10.7. The summed E-state index contributed by atoms with van der Waals surface area (Å²) in [6.45, 7) is 2.45. The van der Waals surface area contributed by atoms with Crippen LogP contribution >= 0.6 is 0 Å². The average Bonchev–Trinajstić information content (AvgIpc) is 2.53. The number of hydrogen-bond donors (Lipinski definition) is 1. The highest BCUT2D eigenvalue weighted by atomic mass is 16.1. The Bertz CT molecular complexity index is 679. The Morgan fingerprint density at radius 1 is 1.14 bits per heavy atom. The molecule has 0 saturated carbocycles. The molecule has 0 atom stereocenters. The molecule has 0 fully saturated rings. The van der Waals surface area contributed by atoms with E-state index < -0.39 is 0 Å². The summed E-state index contributed by atoms with van der Waals surface area (Å²) in [5.74, 6) is 0.0547. The van der Waals surface area contributed by atoms with Gasteiger partial charge in [-0.1, -0.05) is 24.3 Å². The summed E-state index contributed by atoms with van der Waals surface area (Å²) in [5, 5.41) is 2.95. The number of pyridine rings is 1. The second-order valence-electron chi connectivity index (χ2n) is 6.03. The fourth-order valence-electron chi connectivity index (χ4n) is 3.03. The van der Waals surface area contributed by atoms with Crippen LogP contribution in [0.4, 0.5) is 0 Å². The largest absolute Gasteiger partial charge is 0.350 e. The number of carbonyl (C=O) groups excluding carboxylic acids is 1. The van der Waals surface area contributed by atoms with Crippen molar-refractivity contribution < 1.29 is 4.79 Å². The topological polar surface area (TPSA) is 42.0 Å². The minimum absolute atomic E-state index is 0.0547. The molecule has 0 saturated heterocycles. The molecule has 1 amide bonds.